The van der Waals surface area contributed by atoms with Gasteiger partial charge in [-0.3, -0.25) is 0 Å². The third-order valence-corrected chi connectivity index (χ3v) is 4.11. The summed E-state index contributed by atoms with van der Waals surface area (Å²) in [6.45, 7) is 0. The molecular formula is C17H18Cl2O3. The molecule has 0 fully saturated rings. The normalized spacial score (nSPS) is 10.4. The molecule has 0 aliphatic carbocycles. The van der Waals surface area contributed by atoms with Crippen molar-refractivity contribution in [1.82, 2.24) is 0 Å². The van der Waals surface area contributed by atoms with Gasteiger partial charge in [-0.25, -0.2) is 0 Å². The van der Waals surface area contributed by atoms with Gasteiger partial charge in [0.05, 0.1) is 27.2 Å². The van der Waals surface area contributed by atoms with Crippen LogP contribution in [-0.4, -0.2) is 21.3 Å². The van der Waals surface area contributed by atoms with E-state index >= 15 is 0 Å². The van der Waals surface area contributed by atoms with Crippen molar-refractivity contribution in [2.75, 3.05) is 21.3 Å². The monoisotopic (exact) mass is 340 g/mol. The van der Waals surface area contributed by atoms with Gasteiger partial charge in [0, 0.05) is 17.0 Å². The maximum atomic E-state index is 6.18. The smallest absolute Gasteiger partial charge is 0.126 e. The van der Waals surface area contributed by atoms with Crippen molar-refractivity contribution in [1.29, 1.82) is 0 Å². The predicted octanol–water partition coefficient (Wildman–Crippen LogP) is 4.86. The highest BCUT2D eigenvalue weighted by Crippen LogP contribution is 2.40. The Hall–Kier alpha value is -1.58. The minimum atomic E-state index is 0.325. The topological polar surface area (TPSA) is 27.7 Å². The first-order valence-electron chi connectivity index (χ1n) is 6.73. The van der Waals surface area contributed by atoms with Crippen molar-refractivity contribution in [3.63, 3.8) is 0 Å². The van der Waals surface area contributed by atoms with E-state index in [4.69, 9.17) is 37.4 Å². The van der Waals surface area contributed by atoms with Gasteiger partial charge in [0.15, 0.2) is 0 Å². The highest BCUT2D eigenvalue weighted by molar-refractivity contribution is 6.19. The van der Waals surface area contributed by atoms with Gasteiger partial charge in [0.2, 0.25) is 0 Å². The molecule has 3 nitrogen and oxygen atoms in total. The summed E-state index contributed by atoms with van der Waals surface area (Å²) >= 11 is 12.3. The average molecular weight is 341 g/mol. The third kappa shape index (κ3) is 3.11. The van der Waals surface area contributed by atoms with Gasteiger partial charge < -0.3 is 14.2 Å². The van der Waals surface area contributed by atoms with Crippen LogP contribution in [0.5, 0.6) is 17.2 Å². The summed E-state index contributed by atoms with van der Waals surface area (Å²) < 4.78 is 16.1. The summed E-state index contributed by atoms with van der Waals surface area (Å²) in [4.78, 5) is 0. The van der Waals surface area contributed by atoms with Gasteiger partial charge in [0.25, 0.3) is 0 Å². The van der Waals surface area contributed by atoms with Gasteiger partial charge in [0.1, 0.15) is 17.2 Å². The second-order valence-corrected chi connectivity index (χ2v) is 5.14. The lowest BCUT2D eigenvalue weighted by Crippen LogP contribution is -1.99. The second kappa shape index (κ2) is 7.61. The lowest BCUT2D eigenvalue weighted by atomic mass is 9.95. The van der Waals surface area contributed by atoms with Gasteiger partial charge >= 0.3 is 0 Å². The summed E-state index contributed by atoms with van der Waals surface area (Å²) in [5, 5.41) is 0. The second-order valence-electron chi connectivity index (χ2n) is 4.61. The van der Waals surface area contributed by atoms with Crippen molar-refractivity contribution < 1.29 is 14.2 Å². The van der Waals surface area contributed by atoms with Crippen LogP contribution in [0.25, 0.3) is 11.1 Å². The number of alkyl halides is 2. The Bertz CT molecular complexity index is 657. The maximum absolute atomic E-state index is 6.18. The van der Waals surface area contributed by atoms with Crippen molar-refractivity contribution in [3.05, 3.63) is 41.5 Å². The molecule has 0 radical (unpaired) electrons. The molecule has 2 aromatic rings. The molecule has 0 saturated carbocycles. The first-order valence-corrected chi connectivity index (χ1v) is 7.80. The van der Waals surface area contributed by atoms with Gasteiger partial charge in [-0.15, -0.1) is 23.2 Å². The van der Waals surface area contributed by atoms with Crippen molar-refractivity contribution >= 4 is 23.2 Å². The Morgan fingerprint density at radius 2 is 1.36 bits per heavy atom. The van der Waals surface area contributed by atoms with Crippen LogP contribution in [0.3, 0.4) is 0 Å². The molecule has 0 bridgehead atoms. The number of halogens is 2. The molecule has 0 aliphatic rings. The van der Waals surface area contributed by atoms with Crippen LogP contribution in [0.15, 0.2) is 30.3 Å². The van der Waals surface area contributed by atoms with E-state index < -0.39 is 0 Å². The van der Waals surface area contributed by atoms with E-state index in [1.165, 1.54) is 0 Å². The minimum Gasteiger partial charge on any atom is -0.497 e. The molecule has 0 aromatic heterocycles. The third-order valence-electron chi connectivity index (χ3n) is 3.57. The number of ether oxygens (including phenoxy) is 3. The first-order chi connectivity index (χ1) is 10.7. The highest BCUT2D eigenvalue weighted by atomic mass is 35.5. The maximum Gasteiger partial charge on any atom is 0.126 e. The largest absolute Gasteiger partial charge is 0.497 e. The molecule has 22 heavy (non-hydrogen) atoms. The molecule has 0 aliphatic heterocycles. The van der Waals surface area contributed by atoms with Crippen molar-refractivity contribution in [2.24, 2.45) is 0 Å². The molecule has 5 heteroatoms. The predicted molar refractivity (Wildman–Crippen MR) is 90.6 cm³/mol. The fourth-order valence-electron chi connectivity index (χ4n) is 2.44. The van der Waals surface area contributed by atoms with E-state index in [-0.39, 0.29) is 0 Å². The van der Waals surface area contributed by atoms with E-state index in [0.717, 1.165) is 39.5 Å². The zero-order valence-corrected chi connectivity index (χ0v) is 14.3. The zero-order valence-electron chi connectivity index (χ0n) is 12.8. The van der Waals surface area contributed by atoms with Crippen LogP contribution in [0, 0.1) is 0 Å². The van der Waals surface area contributed by atoms with Crippen LogP contribution in [0.4, 0.5) is 0 Å². The van der Waals surface area contributed by atoms with Gasteiger partial charge in [-0.05, 0) is 35.4 Å². The van der Waals surface area contributed by atoms with Crippen molar-refractivity contribution in [3.8, 4) is 28.4 Å². The molecule has 0 heterocycles. The summed E-state index contributed by atoms with van der Waals surface area (Å²) in [6, 6.07) is 9.51. The molecule has 0 saturated heterocycles. The lowest BCUT2D eigenvalue weighted by Gasteiger charge is -2.17. The van der Waals surface area contributed by atoms with Gasteiger partial charge in [-0.2, -0.15) is 0 Å². The Labute approximate surface area is 140 Å². The molecular weight excluding hydrogens is 323 g/mol. The Morgan fingerprint density at radius 3 is 1.91 bits per heavy atom. The molecule has 2 rings (SSSR count). The van der Waals surface area contributed by atoms with E-state index in [1.807, 2.05) is 30.3 Å². The van der Waals surface area contributed by atoms with Crippen LogP contribution in [0.2, 0.25) is 0 Å². The molecule has 0 atom stereocenters. The molecule has 0 amide bonds. The number of rotatable bonds is 6. The number of hydrogen-bond acceptors (Lipinski definition) is 3. The standard InChI is InChI=1S/C17H18Cl2O3/c1-20-11-4-6-16(21-2)13(8-11)12-5-7-17(22-3)15(10-19)14(12)9-18/h4-8H,9-10H2,1-3H3. The van der Waals surface area contributed by atoms with E-state index in [0.29, 0.717) is 11.8 Å². The highest BCUT2D eigenvalue weighted by Gasteiger charge is 2.17. The summed E-state index contributed by atoms with van der Waals surface area (Å²) in [5.41, 5.74) is 3.69. The molecule has 0 spiro atoms. The molecule has 0 N–H and O–H groups in total. The van der Waals surface area contributed by atoms with Crippen LogP contribution < -0.4 is 14.2 Å². The van der Waals surface area contributed by atoms with Gasteiger partial charge in [-0.1, -0.05) is 6.07 Å². The average Bonchev–Trinajstić information content (AvgIpc) is 2.59. The van der Waals surface area contributed by atoms with Crippen LogP contribution in [0.1, 0.15) is 11.1 Å². The first kappa shape index (κ1) is 16.8. The lowest BCUT2D eigenvalue weighted by molar-refractivity contribution is 0.404. The summed E-state index contributed by atoms with van der Waals surface area (Å²) in [6.07, 6.45) is 0. The molecule has 0 unspecified atom stereocenters. The quantitative estimate of drug-likeness (QED) is 0.703. The summed E-state index contributed by atoms with van der Waals surface area (Å²) in [5.74, 6) is 2.88. The van der Waals surface area contributed by atoms with Crippen molar-refractivity contribution in [2.45, 2.75) is 11.8 Å². The minimum absolute atomic E-state index is 0.325. The fraction of sp³-hybridized carbons (Fsp3) is 0.294. The fourth-order valence-corrected chi connectivity index (χ4v) is 3.04. The van der Waals surface area contributed by atoms with E-state index in [1.54, 1.807) is 21.3 Å². The van der Waals surface area contributed by atoms with E-state index in [9.17, 15) is 0 Å². The number of benzene rings is 2. The Kier molecular flexibility index (Phi) is 5.81. The van der Waals surface area contributed by atoms with Crippen LogP contribution >= 0.6 is 23.2 Å². The Balaban J connectivity index is 2.71. The number of hydrogen-bond donors (Lipinski definition) is 0. The molecule has 2 aromatic carbocycles. The number of methoxy groups -OCH3 is 3. The van der Waals surface area contributed by atoms with Crippen LogP contribution in [-0.2, 0) is 11.8 Å². The zero-order chi connectivity index (χ0) is 16.1. The van der Waals surface area contributed by atoms with E-state index in [2.05, 4.69) is 0 Å². The summed E-state index contributed by atoms with van der Waals surface area (Å²) in [7, 11) is 4.89. The molecule has 118 valence electrons. The Morgan fingerprint density at radius 1 is 0.727 bits per heavy atom. The SMILES string of the molecule is COc1ccc(OC)c(-c2ccc(OC)c(CCl)c2CCl)c1.